The second-order valence-corrected chi connectivity index (χ2v) is 12.4. The number of unbranched alkanes of at least 4 members (excludes halogenated alkanes) is 5. The van der Waals surface area contributed by atoms with Gasteiger partial charge in [-0.2, -0.15) is 0 Å². The van der Waals surface area contributed by atoms with Crippen LogP contribution in [0.2, 0.25) is 0 Å². The van der Waals surface area contributed by atoms with E-state index in [1.807, 2.05) is 0 Å². The molecule has 0 aromatic heterocycles. The van der Waals surface area contributed by atoms with Gasteiger partial charge in [0.2, 0.25) is 0 Å². The fourth-order valence-corrected chi connectivity index (χ4v) is 9.09. The van der Waals surface area contributed by atoms with Crippen LogP contribution in [0, 0.1) is 40.4 Å². The van der Waals surface area contributed by atoms with Gasteiger partial charge in [0.1, 0.15) is 5.78 Å². The Labute approximate surface area is 194 Å². The predicted octanol–water partition coefficient (Wildman–Crippen LogP) is 6.39. The quantitative estimate of drug-likeness (QED) is 0.402. The third-order valence-corrected chi connectivity index (χ3v) is 10.7. The number of hydrogen-bond donors (Lipinski definition) is 2. The highest BCUT2D eigenvalue weighted by Gasteiger charge is 2.62. The number of Topliss-reactive ketones (excluding diaryl/α,β-unsaturated/α-hetero) is 1. The van der Waals surface area contributed by atoms with E-state index in [4.69, 9.17) is 5.11 Å². The van der Waals surface area contributed by atoms with Crippen molar-refractivity contribution in [2.24, 2.45) is 40.4 Å². The largest absolute Gasteiger partial charge is 0.481 e. The van der Waals surface area contributed by atoms with Crippen LogP contribution in [-0.4, -0.2) is 28.1 Å². The average molecular weight is 447 g/mol. The van der Waals surface area contributed by atoms with E-state index in [9.17, 15) is 14.7 Å². The van der Waals surface area contributed by atoms with Crippen molar-refractivity contribution in [1.29, 1.82) is 0 Å². The summed E-state index contributed by atoms with van der Waals surface area (Å²) in [6.07, 6.45) is 16.6. The molecule has 0 radical (unpaired) electrons. The van der Waals surface area contributed by atoms with Gasteiger partial charge in [0.05, 0.1) is 6.10 Å². The summed E-state index contributed by atoms with van der Waals surface area (Å²) >= 11 is 0. The molecule has 0 saturated heterocycles. The number of carboxylic acid groups (broad SMARTS) is 1. The Kier molecular flexibility index (Phi) is 7.39. The van der Waals surface area contributed by atoms with Gasteiger partial charge in [-0.3, -0.25) is 9.59 Å². The van der Waals surface area contributed by atoms with Crippen LogP contribution in [0.5, 0.6) is 0 Å². The zero-order valence-electron chi connectivity index (χ0n) is 20.5. The first-order valence-corrected chi connectivity index (χ1v) is 13.7. The fourth-order valence-electron chi connectivity index (χ4n) is 9.09. The van der Waals surface area contributed by atoms with Gasteiger partial charge < -0.3 is 10.2 Å². The number of aliphatic hydroxyl groups excluding tert-OH is 1. The third kappa shape index (κ3) is 4.55. The highest BCUT2D eigenvalue weighted by atomic mass is 16.4. The van der Waals surface area contributed by atoms with Crippen LogP contribution in [0.3, 0.4) is 0 Å². The Hall–Kier alpha value is -0.900. The topological polar surface area (TPSA) is 74.6 Å². The van der Waals surface area contributed by atoms with Crippen molar-refractivity contribution >= 4 is 11.8 Å². The van der Waals surface area contributed by atoms with Crippen molar-refractivity contribution in [2.45, 2.75) is 123 Å². The molecule has 0 bridgehead atoms. The Morgan fingerprint density at radius 2 is 1.69 bits per heavy atom. The van der Waals surface area contributed by atoms with Crippen LogP contribution in [0.4, 0.5) is 0 Å². The van der Waals surface area contributed by atoms with Crippen LogP contribution in [-0.2, 0) is 9.59 Å². The van der Waals surface area contributed by atoms with E-state index in [0.29, 0.717) is 35.4 Å². The molecule has 4 rings (SSSR count). The molecular formula is C28H46O4. The minimum absolute atomic E-state index is 0.0936. The molecule has 4 saturated carbocycles. The van der Waals surface area contributed by atoms with Crippen molar-refractivity contribution in [1.82, 2.24) is 0 Å². The summed E-state index contributed by atoms with van der Waals surface area (Å²) in [7, 11) is 0. The maximum absolute atomic E-state index is 12.3. The molecule has 0 heterocycles. The number of ketones is 1. The minimum Gasteiger partial charge on any atom is -0.481 e. The molecule has 8 atom stereocenters. The molecule has 4 aliphatic rings. The van der Waals surface area contributed by atoms with Gasteiger partial charge in [-0.05, 0) is 85.4 Å². The number of hydrogen-bond acceptors (Lipinski definition) is 3. The summed E-state index contributed by atoms with van der Waals surface area (Å²) in [5.41, 5.74) is 0.406. The third-order valence-electron chi connectivity index (χ3n) is 10.7. The summed E-state index contributed by atoms with van der Waals surface area (Å²) in [4.78, 5) is 22.9. The Morgan fingerprint density at radius 1 is 0.969 bits per heavy atom. The standard InChI is InChI=1S/C28H46O4/c1-27-16-15-21(29)17-20(27)11-12-22-23-13-14-24(30)28(23,2)18-19(26(22)27)9-7-5-3-4-6-8-10-25(31)32/h19-20,22-24,26,30H,3-18H2,1-2H3,(H,31,32)/t19?,20?,22-,23-,24?,26+,27-,28-/m0/s1. The van der Waals surface area contributed by atoms with Crippen molar-refractivity contribution in [3.63, 3.8) is 0 Å². The molecule has 4 nitrogen and oxygen atoms in total. The van der Waals surface area contributed by atoms with E-state index in [0.717, 1.165) is 56.8 Å². The van der Waals surface area contributed by atoms with Crippen LogP contribution >= 0.6 is 0 Å². The Bertz CT molecular complexity index is 689. The van der Waals surface area contributed by atoms with Gasteiger partial charge >= 0.3 is 5.97 Å². The van der Waals surface area contributed by atoms with Crippen molar-refractivity contribution < 1.29 is 19.8 Å². The SMILES string of the molecule is C[C@]12CCC(=O)CC1CC[C@@H]1[C@H]2C(CCCCCCCCC(=O)O)C[C@]2(C)C(O)CC[C@@H]12. The van der Waals surface area contributed by atoms with Crippen LogP contribution in [0.1, 0.15) is 117 Å². The van der Waals surface area contributed by atoms with Crippen LogP contribution in [0.15, 0.2) is 0 Å². The summed E-state index contributed by atoms with van der Waals surface area (Å²) in [6.45, 7) is 4.92. The molecule has 0 spiro atoms. The molecule has 0 amide bonds. The second-order valence-electron chi connectivity index (χ2n) is 12.4. The lowest BCUT2D eigenvalue weighted by Crippen LogP contribution is -2.57. The number of aliphatic hydroxyl groups is 1. The van der Waals surface area contributed by atoms with Gasteiger partial charge in [-0.15, -0.1) is 0 Å². The number of fused-ring (bicyclic) bond motifs is 5. The molecule has 2 N–H and O–H groups in total. The van der Waals surface area contributed by atoms with Crippen molar-refractivity contribution in [3.05, 3.63) is 0 Å². The monoisotopic (exact) mass is 446 g/mol. The second kappa shape index (κ2) is 9.76. The number of aliphatic carboxylic acids is 1. The first-order valence-electron chi connectivity index (χ1n) is 13.7. The normalized spacial score (nSPS) is 43.4. The van der Waals surface area contributed by atoms with Crippen molar-refractivity contribution in [2.75, 3.05) is 0 Å². The van der Waals surface area contributed by atoms with Gasteiger partial charge in [0, 0.05) is 19.3 Å². The Balaban J connectivity index is 1.41. The van der Waals surface area contributed by atoms with Crippen LogP contribution < -0.4 is 0 Å². The van der Waals surface area contributed by atoms with E-state index in [-0.39, 0.29) is 11.5 Å². The van der Waals surface area contributed by atoms with Gasteiger partial charge in [0.25, 0.3) is 0 Å². The van der Waals surface area contributed by atoms with E-state index in [1.165, 1.54) is 51.4 Å². The number of carbonyl (C=O) groups excluding carboxylic acids is 1. The lowest BCUT2D eigenvalue weighted by atomic mass is 9.42. The maximum Gasteiger partial charge on any atom is 0.303 e. The van der Waals surface area contributed by atoms with Crippen molar-refractivity contribution in [3.8, 4) is 0 Å². The first kappa shape index (κ1) is 24.2. The lowest BCUT2D eigenvalue weighted by molar-refractivity contribution is -0.159. The summed E-state index contributed by atoms with van der Waals surface area (Å²) in [5.74, 6) is 3.21. The smallest absolute Gasteiger partial charge is 0.303 e. The predicted molar refractivity (Wildman–Crippen MR) is 126 cm³/mol. The molecule has 32 heavy (non-hydrogen) atoms. The van der Waals surface area contributed by atoms with Gasteiger partial charge in [-0.1, -0.05) is 52.4 Å². The molecule has 0 aliphatic heterocycles. The number of carbonyl (C=O) groups is 2. The van der Waals surface area contributed by atoms with Gasteiger partial charge in [-0.25, -0.2) is 0 Å². The fraction of sp³-hybridized carbons (Fsp3) is 0.929. The highest BCUT2D eigenvalue weighted by Crippen LogP contribution is 2.68. The summed E-state index contributed by atoms with van der Waals surface area (Å²) < 4.78 is 0. The van der Waals surface area contributed by atoms with E-state index < -0.39 is 5.97 Å². The number of carboxylic acids is 1. The molecule has 182 valence electrons. The molecule has 4 aliphatic carbocycles. The minimum atomic E-state index is -0.679. The Morgan fingerprint density at radius 3 is 2.44 bits per heavy atom. The van der Waals surface area contributed by atoms with E-state index >= 15 is 0 Å². The highest BCUT2D eigenvalue weighted by molar-refractivity contribution is 5.79. The molecule has 3 unspecified atom stereocenters. The molecule has 4 heteroatoms. The lowest BCUT2D eigenvalue weighted by Gasteiger charge is -2.62. The number of rotatable bonds is 9. The molecular weight excluding hydrogens is 400 g/mol. The van der Waals surface area contributed by atoms with E-state index in [1.54, 1.807) is 0 Å². The first-order chi connectivity index (χ1) is 15.3. The zero-order chi connectivity index (χ0) is 22.9. The zero-order valence-corrected chi connectivity index (χ0v) is 20.5. The van der Waals surface area contributed by atoms with Gasteiger partial charge in [0.15, 0.2) is 0 Å². The molecule has 0 aromatic carbocycles. The average Bonchev–Trinajstić information content (AvgIpc) is 3.04. The van der Waals surface area contributed by atoms with Crippen LogP contribution in [0.25, 0.3) is 0 Å². The molecule has 0 aromatic rings. The van der Waals surface area contributed by atoms with E-state index in [2.05, 4.69) is 13.8 Å². The summed E-state index contributed by atoms with van der Waals surface area (Å²) in [6, 6.07) is 0. The maximum atomic E-state index is 12.3. The molecule has 4 fully saturated rings. The summed E-state index contributed by atoms with van der Waals surface area (Å²) in [5, 5.41) is 19.7.